The fraction of sp³-hybridized carbons (Fsp3) is 0.435. The molecule has 4 aromatic rings. The lowest BCUT2D eigenvalue weighted by atomic mass is 10.1. The molecule has 5 rings (SSSR count). The molecule has 0 N–H and O–H groups in total. The van der Waals surface area contributed by atoms with Crippen LogP contribution in [0.3, 0.4) is 0 Å². The van der Waals surface area contributed by atoms with Crippen molar-refractivity contribution in [1.29, 1.82) is 0 Å². The van der Waals surface area contributed by atoms with Gasteiger partial charge in [-0.1, -0.05) is 0 Å². The Kier molecular flexibility index (Phi) is 5.67. The summed E-state index contributed by atoms with van der Waals surface area (Å²) in [6.45, 7) is 9.89. The summed E-state index contributed by atoms with van der Waals surface area (Å²) in [7, 11) is 0. The average molecular weight is 449 g/mol. The van der Waals surface area contributed by atoms with Gasteiger partial charge in [0.15, 0.2) is 17.3 Å². The SMILES string of the molecule is Cc1nn(-c2ccc3nnc(C)n3n2)c(C)c1CCC(=O)N1CCN(Cc2ccco2)CC1. The molecule has 1 aliphatic rings. The highest BCUT2D eigenvalue weighted by Crippen LogP contribution is 2.20. The van der Waals surface area contributed by atoms with Crippen LogP contribution < -0.4 is 0 Å². The number of nitrogens with zero attached hydrogens (tertiary/aromatic N) is 8. The van der Waals surface area contributed by atoms with Crippen molar-refractivity contribution >= 4 is 11.6 Å². The van der Waals surface area contributed by atoms with Crippen molar-refractivity contribution in [2.75, 3.05) is 26.2 Å². The van der Waals surface area contributed by atoms with Gasteiger partial charge in [-0.2, -0.15) is 9.61 Å². The second-order valence-electron chi connectivity index (χ2n) is 8.51. The maximum atomic E-state index is 12.9. The number of aromatic nitrogens is 6. The van der Waals surface area contributed by atoms with Crippen LogP contribution in [0.1, 0.15) is 35.0 Å². The Balaban J connectivity index is 1.21. The van der Waals surface area contributed by atoms with Gasteiger partial charge in [0.05, 0.1) is 18.5 Å². The third kappa shape index (κ3) is 4.25. The van der Waals surface area contributed by atoms with Crippen LogP contribution in [0.5, 0.6) is 0 Å². The van der Waals surface area contributed by atoms with Gasteiger partial charge >= 0.3 is 0 Å². The summed E-state index contributed by atoms with van der Waals surface area (Å²) in [5, 5.41) is 17.5. The normalized spacial score (nSPS) is 14.9. The molecule has 0 bridgehead atoms. The highest BCUT2D eigenvalue weighted by molar-refractivity contribution is 5.76. The Morgan fingerprint density at radius 3 is 2.61 bits per heavy atom. The van der Waals surface area contributed by atoms with Crippen molar-refractivity contribution in [2.45, 2.75) is 40.2 Å². The maximum Gasteiger partial charge on any atom is 0.222 e. The number of rotatable bonds is 6. The van der Waals surface area contributed by atoms with Gasteiger partial charge in [-0.15, -0.1) is 15.3 Å². The van der Waals surface area contributed by atoms with E-state index in [1.807, 2.05) is 54.6 Å². The van der Waals surface area contributed by atoms with E-state index in [0.717, 1.165) is 61.3 Å². The summed E-state index contributed by atoms with van der Waals surface area (Å²) in [4.78, 5) is 17.2. The van der Waals surface area contributed by atoms with Gasteiger partial charge in [0.2, 0.25) is 5.91 Å². The number of hydrogen-bond acceptors (Lipinski definition) is 7. The maximum absolute atomic E-state index is 12.9. The molecule has 172 valence electrons. The second-order valence-corrected chi connectivity index (χ2v) is 8.51. The van der Waals surface area contributed by atoms with Crippen LogP contribution in [0.2, 0.25) is 0 Å². The largest absolute Gasteiger partial charge is 0.468 e. The van der Waals surface area contributed by atoms with Crippen LogP contribution in [0.15, 0.2) is 34.9 Å². The fourth-order valence-corrected chi connectivity index (χ4v) is 4.43. The van der Waals surface area contributed by atoms with Gasteiger partial charge in [0, 0.05) is 38.3 Å². The molecule has 0 aromatic carbocycles. The fourth-order valence-electron chi connectivity index (χ4n) is 4.43. The average Bonchev–Trinajstić information content (AvgIpc) is 3.53. The molecule has 1 saturated heterocycles. The number of hydrogen-bond donors (Lipinski definition) is 0. The molecule has 0 unspecified atom stereocenters. The molecule has 0 aliphatic carbocycles. The first-order valence-corrected chi connectivity index (χ1v) is 11.3. The zero-order valence-electron chi connectivity index (χ0n) is 19.2. The van der Waals surface area contributed by atoms with Gasteiger partial charge in [0.25, 0.3) is 0 Å². The van der Waals surface area contributed by atoms with E-state index in [0.29, 0.717) is 24.3 Å². The number of amides is 1. The van der Waals surface area contributed by atoms with Crippen LogP contribution in [-0.2, 0) is 17.8 Å². The molecule has 0 saturated carbocycles. The Labute approximate surface area is 191 Å². The Morgan fingerprint density at radius 2 is 1.85 bits per heavy atom. The number of furan rings is 1. The molecule has 4 aromatic heterocycles. The van der Waals surface area contributed by atoms with Crippen molar-refractivity contribution in [2.24, 2.45) is 0 Å². The van der Waals surface area contributed by atoms with Gasteiger partial charge < -0.3 is 9.32 Å². The number of piperazine rings is 1. The van der Waals surface area contributed by atoms with Crippen LogP contribution in [0.25, 0.3) is 11.5 Å². The molecule has 1 aliphatic heterocycles. The molecule has 10 heteroatoms. The third-order valence-corrected chi connectivity index (χ3v) is 6.34. The topological polar surface area (TPSA) is 97.6 Å². The number of fused-ring (bicyclic) bond motifs is 1. The van der Waals surface area contributed by atoms with E-state index in [-0.39, 0.29) is 5.91 Å². The summed E-state index contributed by atoms with van der Waals surface area (Å²) in [6.07, 6.45) is 2.84. The van der Waals surface area contributed by atoms with Crippen LogP contribution in [-0.4, -0.2) is 71.5 Å². The minimum absolute atomic E-state index is 0.193. The predicted molar refractivity (Wildman–Crippen MR) is 121 cm³/mol. The molecule has 10 nitrogen and oxygen atoms in total. The lowest BCUT2D eigenvalue weighted by molar-refractivity contribution is -0.133. The van der Waals surface area contributed by atoms with Crippen LogP contribution >= 0.6 is 0 Å². The summed E-state index contributed by atoms with van der Waals surface area (Å²) < 4.78 is 8.98. The summed E-state index contributed by atoms with van der Waals surface area (Å²) in [5.41, 5.74) is 3.72. The predicted octanol–water partition coefficient (Wildman–Crippen LogP) is 2.11. The van der Waals surface area contributed by atoms with Gasteiger partial charge in [-0.3, -0.25) is 9.69 Å². The van der Waals surface area contributed by atoms with Crippen LogP contribution in [0, 0.1) is 20.8 Å². The Hall–Kier alpha value is -3.53. The number of carbonyl (C=O) groups is 1. The van der Waals surface area contributed by atoms with Gasteiger partial charge in [-0.05, 0) is 57.0 Å². The van der Waals surface area contributed by atoms with Gasteiger partial charge in [-0.25, -0.2) is 4.68 Å². The summed E-state index contributed by atoms with van der Waals surface area (Å²) in [6, 6.07) is 7.67. The van der Waals surface area contributed by atoms with Crippen molar-refractivity contribution < 1.29 is 9.21 Å². The highest BCUT2D eigenvalue weighted by Gasteiger charge is 2.23. The van der Waals surface area contributed by atoms with Crippen molar-refractivity contribution in [3.63, 3.8) is 0 Å². The molecule has 1 amide bonds. The highest BCUT2D eigenvalue weighted by atomic mass is 16.3. The van der Waals surface area contributed by atoms with Crippen molar-refractivity contribution in [3.8, 4) is 5.82 Å². The first kappa shape index (κ1) is 21.3. The minimum atomic E-state index is 0.193. The first-order chi connectivity index (χ1) is 16.0. The van der Waals surface area contributed by atoms with E-state index in [4.69, 9.17) is 9.52 Å². The van der Waals surface area contributed by atoms with E-state index in [2.05, 4.69) is 20.2 Å². The molecule has 0 atom stereocenters. The van der Waals surface area contributed by atoms with Gasteiger partial charge in [0.1, 0.15) is 5.76 Å². The lowest BCUT2D eigenvalue weighted by Gasteiger charge is -2.34. The second kappa shape index (κ2) is 8.78. The smallest absolute Gasteiger partial charge is 0.222 e. The zero-order valence-corrected chi connectivity index (χ0v) is 19.2. The molecule has 0 radical (unpaired) electrons. The quantitative estimate of drug-likeness (QED) is 0.446. The van der Waals surface area contributed by atoms with Crippen LogP contribution in [0.4, 0.5) is 0 Å². The lowest BCUT2D eigenvalue weighted by Crippen LogP contribution is -2.48. The third-order valence-electron chi connectivity index (χ3n) is 6.34. The minimum Gasteiger partial charge on any atom is -0.468 e. The molecular formula is C23H28N8O2. The standard InChI is InChI=1S/C23H28N8O2/c1-16-20(17(2)30(26-16)22-8-7-21-25-24-18(3)31(21)27-22)6-9-23(32)29-12-10-28(11-13-29)15-19-5-4-14-33-19/h4-5,7-8,14H,6,9-13,15H2,1-3H3. The monoisotopic (exact) mass is 448 g/mol. The van der Waals surface area contributed by atoms with E-state index in [1.54, 1.807) is 10.8 Å². The van der Waals surface area contributed by atoms with Crippen molar-refractivity contribution in [3.05, 3.63) is 59.1 Å². The van der Waals surface area contributed by atoms with E-state index in [1.165, 1.54) is 0 Å². The number of carbonyl (C=O) groups excluding carboxylic acids is 1. The molecule has 33 heavy (non-hydrogen) atoms. The van der Waals surface area contributed by atoms with E-state index >= 15 is 0 Å². The zero-order chi connectivity index (χ0) is 22.9. The molecule has 0 spiro atoms. The number of aryl methyl sites for hydroxylation is 2. The first-order valence-electron chi connectivity index (χ1n) is 11.3. The Morgan fingerprint density at radius 1 is 1.03 bits per heavy atom. The van der Waals surface area contributed by atoms with E-state index < -0.39 is 0 Å². The summed E-state index contributed by atoms with van der Waals surface area (Å²) in [5.74, 6) is 2.59. The Bertz CT molecular complexity index is 1270. The molecular weight excluding hydrogens is 420 g/mol. The molecule has 1 fully saturated rings. The van der Waals surface area contributed by atoms with Crippen molar-refractivity contribution in [1.82, 2.24) is 39.4 Å². The van der Waals surface area contributed by atoms with E-state index in [9.17, 15) is 4.79 Å². The summed E-state index contributed by atoms with van der Waals surface area (Å²) >= 11 is 0. The molecule has 5 heterocycles.